The summed E-state index contributed by atoms with van der Waals surface area (Å²) in [7, 11) is 0. The molecule has 0 aliphatic carbocycles. The topological polar surface area (TPSA) is 64.0 Å². The highest BCUT2D eigenvalue weighted by Crippen LogP contribution is 2.13. The molecule has 1 aromatic carbocycles. The maximum atomic E-state index is 14.1. The summed E-state index contributed by atoms with van der Waals surface area (Å²) < 4.78 is 15.4. The van der Waals surface area contributed by atoms with Crippen molar-refractivity contribution in [2.75, 3.05) is 0 Å². The third kappa shape index (κ3) is 5.00. The molecule has 0 saturated heterocycles. The maximum absolute atomic E-state index is 14.1. The normalized spacial score (nSPS) is 12.2. The van der Waals surface area contributed by atoms with Gasteiger partial charge in [0.1, 0.15) is 11.5 Å². The van der Waals surface area contributed by atoms with E-state index in [9.17, 15) is 14.0 Å². The van der Waals surface area contributed by atoms with E-state index in [0.717, 1.165) is 19.3 Å². The van der Waals surface area contributed by atoms with Crippen molar-refractivity contribution < 1.29 is 9.18 Å². The van der Waals surface area contributed by atoms with Crippen molar-refractivity contribution in [3.63, 3.8) is 0 Å². The van der Waals surface area contributed by atoms with Gasteiger partial charge in [-0.15, -0.1) is 0 Å². The lowest BCUT2D eigenvalue weighted by Crippen LogP contribution is -2.37. The first-order chi connectivity index (χ1) is 12.3. The number of hydrogen-bond donors (Lipinski definition) is 1. The smallest absolute Gasteiger partial charge is 0.276 e. The summed E-state index contributed by atoms with van der Waals surface area (Å²) in [4.78, 5) is 24.7. The van der Waals surface area contributed by atoms with Crippen molar-refractivity contribution in [2.45, 2.75) is 53.0 Å². The minimum absolute atomic E-state index is 0.0642. The molecule has 2 rings (SSSR count). The molecule has 6 heteroatoms. The third-order valence-electron chi connectivity index (χ3n) is 4.20. The van der Waals surface area contributed by atoms with E-state index in [-0.39, 0.29) is 17.4 Å². The van der Waals surface area contributed by atoms with E-state index >= 15 is 0 Å². The van der Waals surface area contributed by atoms with E-state index in [1.165, 1.54) is 16.8 Å². The summed E-state index contributed by atoms with van der Waals surface area (Å²) in [6, 6.07) is 7.35. The Balaban J connectivity index is 2.21. The zero-order chi connectivity index (χ0) is 19.3. The van der Waals surface area contributed by atoms with Gasteiger partial charge in [0.15, 0.2) is 5.69 Å². The first kappa shape index (κ1) is 19.8. The van der Waals surface area contributed by atoms with Crippen LogP contribution in [0.1, 0.15) is 56.2 Å². The standard InChI is InChI=1S/C20H26FN3O2/c1-13(2)8-7-9-14(3)22-20(26)19-18(25)12-15(4)24(23-19)17-11-6-5-10-16(17)21/h5-6,10-14H,7-9H2,1-4H3,(H,22,26). The summed E-state index contributed by atoms with van der Waals surface area (Å²) >= 11 is 0. The minimum atomic E-state index is -0.530. The molecule has 1 N–H and O–H groups in total. The molecule has 0 fully saturated rings. The number of aromatic nitrogens is 2. The van der Waals surface area contributed by atoms with E-state index in [2.05, 4.69) is 24.3 Å². The van der Waals surface area contributed by atoms with E-state index < -0.39 is 17.2 Å². The summed E-state index contributed by atoms with van der Waals surface area (Å²) in [6.45, 7) is 7.87. The fourth-order valence-corrected chi connectivity index (χ4v) is 2.77. The Kier molecular flexibility index (Phi) is 6.66. The Hall–Kier alpha value is -2.50. The van der Waals surface area contributed by atoms with E-state index in [1.54, 1.807) is 25.1 Å². The van der Waals surface area contributed by atoms with Crippen LogP contribution in [-0.4, -0.2) is 21.7 Å². The number of nitrogens with zero attached hydrogens (tertiary/aromatic N) is 2. The average molecular weight is 359 g/mol. The van der Waals surface area contributed by atoms with E-state index in [4.69, 9.17) is 0 Å². The van der Waals surface area contributed by atoms with Crippen molar-refractivity contribution >= 4 is 5.91 Å². The molecule has 2 aromatic rings. The molecule has 0 radical (unpaired) electrons. The molecule has 1 heterocycles. The number of rotatable bonds is 7. The van der Waals surface area contributed by atoms with Crippen molar-refractivity contribution in [2.24, 2.45) is 5.92 Å². The molecule has 0 spiro atoms. The SMILES string of the molecule is Cc1cc(=O)c(C(=O)NC(C)CCCC(C)C)nn1-c1ccccc1F. The Morgan fingerprint density at radius 1 is 1.23 bits per heavy atom. The summed E-state index contributed by atoms with van der Waals surface area (Å²) in [5.41, 5.74) is -0.0396. The number of para-hydroxylation sites is 1. The lowest BCUT2D eigenvalue weighted by atomic mass is 10.0. The predicted molar refractivity (Wildman–Crippen MR) is 100 cm³/mol. The first-order valence-electron chi connectivity index (χ1n) is 8.96. The number of nitrogens with one attached hydrogen (secondary N) is 1. The zero-order valence-electron chi connectivity index (χ0n) is 15.8. The van der Waals surface area contributed by atoms with Crippen LogP contribution in [0.25, 0.3) is 5.69 Å². The zero-order valence-corrected chi connectivity index (χ0v) is 15.8. The largest absolute Gasteiger partial charge is 0.348 e. The lowest BCUT2D eigenvalue weighted by Gasteiger charge is -2.15. The highest BCUT2D eigenvalue weighted by molar-refractivity contribution is 5.92. The van der Waals surface area contributed by atoms with Crippen LogP contribution in [0.15, 0.2) is 35.1 Å². The molecule has 0 saturated carbocycles. The van der Waals surface area contributed by atoms with Crippen molar-refractivity contribution in [3.05, 3.63) is 57.8 Å². The fourth-order valence-electron chi connectivity index (χ4n) is 2.77. The fraction of sp³-hybridized carbons (Fsp3) is 0.450. The van der Waals surface area contributed by atoms with E-state index in [0.29, 0.717) is 11.6 Å². The summed E-state index contributed by atoms with van der Waals surface area (Å²) in [6.07, 6.45) is 2.92. The van der Waals surface area contributed by atoms with Crippen LogP contribution in [0.4, 0.5) is 4.39 Å². The second-order valence-electron chi connectivity index (χ2n) is 7.06. The number of hydrogen-bond acceptors (Lipinski definition) is 3. The lowest BCUT2D eigenvalue weighted by molar-refractivity contribution is 0.0929. The van der Waals surface area contributed by atoms with Crippen LogP contribution < -0.4 is 10.7 Å². The Morgan fingerprint density at radius 3 is 2.58 bits per heavy atom. The number of benzene rings is 1. The van der Waals surface area contributed by atoms with Crippen molar-refractivity contribution in [1.82, 2.24) is 15.1 Å². The molecule has 26 heavy (non-hydrogen) atoms. The van der Waals surface area contributed by atoms with Gasteiger partial charge in [-0.05, 0) is 38.3 Å². The van der Waals surface area contributed by atoms with Gasteiger partial charge in [-0.25, -0.2) is 9.07 Å². The number of halogens is 1. The second kappa shape index (κ2) is 8.74. The molecule has 1 unspecified atom stereocenters. The molecule has 1 amide bonds. The molecule has 1 atom stereocenters. The molecular weight excluding hydrogens is 333 g/mol. The molecule has 1 aromatic heterocycles. The highest BCUT2D eigenvalue weighted by atomic mass is 19.1. The highest BCUT2D eigenvalue weighted by Gasteiger charge is 2.18. The predicted octanol–water partition coefficient (Wildman–Crippen LogP) is 3.62. The molecule has 0 bridgehead atoms. The van der Waals surface area contributed by atoms with Gasteiger partial charge in [0.25, 0.3) is 5.91 Å². The van der Waals surface area contributed by atoms with Crippen LogP contribution >= 0.6 is 0 Å². The van der Waals surface area contributed by atoms with Gasteiger partial charge in [0.2, 0.25) is 5.43 Å². The van der Waals surface area contributed by atoms with Crippen LogP contribution in [-0.2, 0) is 0 Å². The third-order valence-corrected chi connectivity index (χ3v) is 4.20. The summed E-state index contributed by atoms with van der Waals surface area (Å²) in [5, 5.41) is 6.93. The van der Waals surface area contributed by atoms with Crippen molar-refractivity contribution in [3.8, 4) is 5.69 Å². The number of carbonyl (C=O) groups is 1. The van der Waals surface area contributed by atoms with Gasteiger partial charge in [0, 0.05) is 17.8 Å². The monoisotopic (exact) mass is 359 g/mol. The molecule has 0 aliphatic rings. The molecule has 0 aliphatic heterocycles. The second-order valence-corrected chi connectivity index (χ2v) is 7.06. The van der Waals surface area contributed by atoms with Gasteiger partial charge < -0.3 is 5.32 Å². The Morgan fingerprint density at radius 2 is 1.92 bits per heavy atom. The van der Waals surface area contributed by atoms with Gasteiger partial charge in [0.05, 0.1) is 0 Å². The van der Waals surface area contributed by atoms with Crippen LogP contribution in [0.3, 0.4) is 0 Å². The summed E-state index contributed by atoms with van der Waals surface area (Å²) in [5.74, 6) is -0.387. The quantitative estimate of drug-likeness (QED) is 0.821. The van der Waals surface area contributed by atoms with Gasteiger partial charge in [-0.2, -0.15) is 5.10 Å². The number of aryl methyl sites for hydroxylation is 1. The van der Waals surface area contributed by atoms with Gasteiger partial charge in [-0.1, -0.05) is 38.8 Å². The minimum Gasteiger partial charge on any atom is -0.348 e. The molecule has 5 nitrogen and oxygen atoms in total. The Labute approximate surface area is 153 Å². The molecular formula is C20H26FN3O2. The van der Waals surface area contributed by atoms with Crippen molar-refractivity contribution in [1.29, 1.82) is 0 Å². The van der Waals surface area contributed by atoms with E-state index in [1.807, 2.05) is 6.92 Å². The van der Waals surface area contributed by atoms with Crippen LogP contribution in [0.2, 0.25) is 0 Å². The number of carbonyl (C=O) groups excluding carboxylic acids is 1. The number of amides is 1. The van der Waals surface area contributed by atoms with Gasteiger partial charge in [-0.3, -0.25) is 9.59 Å². The molecule has 140 valence electrons. The van der Waals surface area contributed by atoms with Crippen LogP contribution in [0, 0.1) is 18.7 Å². The average Bonchev–Trinajstić information content (AvgIpc) is 2.55. The first-order valence-corrected chi connectivity index (χ1v) is 8.96. The Bertz CT molecular complexity index is 830. The van der Waals surface area contributed by atoms with Crippen LogP contribution in [0.5, 0.6) is 0 Å². The maximum Gasteiger partial charge on any atom is 0.276 e. The van der Waals surface area contributed by atoms with Gasteiger partial charge >= 0.3 is 0 Å².